The molecule has 0 amide bonds. The Morgan fingerprint density at radius 2 is 0.424 bits per heavy atom. The standard InChI is InChI=1S/C32H67N/c1-3-5-7-9-11-13-15-16-17-18-19-20-22-24-26-28-30-32-33-31-29-27-25-23-21-14-12-10-8-6-4-2/h33H,3-32H2,1-2H3. The average Bonchev–Trinajstić information content (AvgIpc) is 2.83. The van der Waals surface area contributed by atoms with Gasteiger partial charge in [-0.15, -0.1) is 0 Å². The summed E-state index contributed by atoms with van der Waals surface area (Å²) in [6.07, 6.45) is 40.7. The molecule has 0 rings (SSSR count). The second-order valence-corrected chi connectivity index (χ2v) is 10.9. The second-order valence-electron chi connectivity index (χ2n) is 10.9. The van der Waals surface area contributed by atoms with Crippen molar-refractivity contribution >= 4 is 0 Å². The highest BCUT2D eigenvalue weighted by molar-refractivity contribution is 4.53. The number of hydrogen-bond donors (Lipinski definition) is 1. The minimum Gasteiger partial charge on any atom is -0.317 e. The Hall–Kier alpha value is -0.0400. The molecule has 0 spiro atoms. The van der Waals surface area contributed by atoms with Crippen molar-refractivity contribution in [3.05, 3.63) is 0 Å². The van der Waals surface area contributed by atoms with Crippen LogP contribution in [0.1, 0.15) is 194 Å². The van der Waals surface area contributed by atoms with E-state index in [4.69, 9.17) is 0 Å². The molecule has 0 radical (unpaired) electrons. The molecule has 0 saturated heterocycles. The smallest absolute Gasteiger partial charge is 0.00489 e. The van der Waals surface area contributed by atoms with E-state index >= 15 is 0 Å². The average molecular weight is 466 g/mol. The van der Waals surface area contributed by atoms with E-state index in [2.05, 4.69) is 19.2 Å². The van der Waals surface area contributed by atoms with Gasteiger partial charge in [0.25, 0.3) is 0 Å². The lowest BCUT2D eigenvalue weighted by Gasteiger charge is -2.06. The maximum Gasteiger partial charge on any atom is -0.00489 e. The second kappa shape index (κ2) is 32.0. The molecule has 0 atom stereocenters. The van der Waals surface area contributed by atoms with Crippen LogP contribution in [0, 0.1) is 0 Å². The third kappa shape index (κ3) is 32.0. The summed E-state index contributed by atoms with van der Waals surface area (Å²) in [6, 6.07) is 0. The molecule has 0 heterocycles. The van der Waals surface area contributed by atoms with Gasteiger partial charge in [-0.3, -0.25) is 0 Å². The molecule has 0 aliphatic rings. The maximum atomic E-state index is 3.67. The Morgan fingerprint density at radius 1 is 0.242 bits per heavy atom. The summed E-state index contributed by atoms with van der Waals surface area (Å²) >= 11 is 0. The van der Waals surface area contributed by atoms with Crippen LogP contribution in [0.25, 0.3) is 0 Å². The van der Waals surface area contributed by atoms with Gasteiger partial charge in [-0.25, -0.2) is 0 Å². The van der Waals surface area contributed by atoms with E-state index in [9.17, 15) is 0 Å². The Bertz CT molecular complexity index is 284. The fraction of sp³-hybridized carbons (Fsp3) is 1.00. The van der Waals surface area contributed by atoms with Crippen LogP contribution in [0.15, 0.2) is 0 Å². The van der Waals surface area contributed by atoms with Crippen LogP contribution in [-0.4, -0.2) is 13.1 Å². The van der Waals surface area contributed by atoms with E-state index in [1.807, 2.05) is 0 Å². The highest BCUT2D eigenvalue weighted by Gasteiger charge is 1.96. The Labute approximate surface area is 212 Å². The van der Waals surface area contributed by atoms with Crippen molar-refractivity contribution in [2.45, 2.75) is 194 Å². The summed E-state index contributed by atoms with van der Waals surface area (Å²) in [6.45, 7) is 7.10. The first-order valence-corrected chi connectivity index (χ1v) is 16.1. The van der Waals surface area contributed by atoms with Crippen LogP contribution in [-0.2, 0) is 0 Å². The van der Waals surface area contributed by atoms with Gasteiger partial charge in [0.1, 0.15) is 0 Å². The van der Waals surface area contributed by atoms with Crippen LogP contribution in [0.2, 0.25) is 0 Å². The molecule has 0 aliphatic carbocycles. The predicted molar refractivity (Wildman–Crippen MR) is 153 cm³/mol. The summed E-state index contributed by atoms with van der Waals surface area (Å²) in [7, 11) is 0. The monoisotopic (exact) mass is 466 g/mol. The van der Waals surface area contributed by atoms with E-state index in [1.165, 1.54) is 193 Å². The van der Waals surface area contributed by atoms with Crippen LogP contribution in [0.3, 0.4) is 0 Å². The van der Waals surface area contributed by atoms with E-state index in [-0.39, 0.29) is 0 Å². The molecule has 1 heteroatoms. The van der Waals surface area contributed by atoms with Gasteiger partial charge >= 0.3 is 0 Å². The van der Waals surface area contributed by atoms with Crippen LogP contribution >= 0.6 is 0 Å². The minimum atomic E-state index is 1.25. The van der Waals surface area contributed by atoms with Crippen molar-refractivity contribution in [2.24, 2.45) is 0 Å². The summed E-state index contributed by atoms with van der Waals surface area (Å²) in [5.74, 6) is 0. The largest absolute Gasteiger partial charge is 0.317 e. The van der Waals surface area contributed by atoms with Gasteiger partial charge in [0.05, 0.1) is 0 Å². The van der Waals surface area contributed by atoms with Crippen LogP contribution in [0.4, 0.5) is 0 Å². The van der Waals surface area contributed by atoms with Gasteiger partial charge in [0, 0.05) is 0 Å². The summed E-state index contributed by atoms with van der Waals surface area (Å²) < 4.78 is 0. The van der Waals surface area contributed by atoms with Crippen molar-refractivity contribution < 1.29 is 0 Å². The molecule has 0 aromatic heterocycles. The SMILES string of the molecule is CCCCCCCCCCCCCCCCCCCNCCCCCCCCCCCCC. The normalized spacial score (nSPS) is 11.5. The molecule has 33 heavy (non-hydrogen) atoms. The molecule has 0 aromatic rings. The summed E-state index contributed by atoms with van der Waals surface area (Å²) in [5, 5.41) is 3.67. The summed E-state index contributed by atoms with van der Waals surface area (Å²) in [5.41, 5.74) is 0. The lowest BCUT2D eigenvalue weighted by molar-refractivity contribution is 0.517. The zero-order valence-corrected chi connectivity index (χ0v) is 23.7. The molecule has 0 fully saturated rings. The third-order valence-corrected chi connectivity index (χ3v) is 7.41. The summed E-state index contributed by atoms with van der Waals surface area (Å²) in [4.78, 5) is 0. The fourth-order valence-electron chi connectivity index (χ4n) is 5.01. The number of nitrogens with one attached hydrogen (secondary N) is 1. The van der Waals surface area contributed by atoms with Gasteiger partial charge in [-0.2, -0.15) is 0 Å². The maximum absolute atomic E-state index is 3.67. The van der Waals surface area contributed by atoms with Gasteiger partial charge in [0.15, 0.2) is 0 Å². The Kier molecular flexibility index (Phi) is 31.9. The van der Waals surface area contributed by atoms with Crippen molar-refractivity contribution in [3.63, 3.8) is 0 Å². The van der Waals surface area contributed by atoms with Crippen molar-refractivity contribution in [1.82, 2.24) is 5.32 Å². The van der Waals surface area contributed by atoms with E-state index < -0.39 is 0 Å². The highest BCUT2D eigenvalue weighted by atomic mass is 14.8. The minimum absolute atomic E-state index is 1.25. The zero-order valence-electron chi connectivity index (χ0n) is 23.7. The fourth-order valence-corrected chi connectivity index (χ4v) is 5.01. The number of hydrogen-bond acceptors (Lipinski definition) is 1. The topological polar surface area (TPSA) is 12.0 Å². The van der Waals surface area contributed by atoms with E-state index in [0.29, 0.717) is 0 Å². The highest BCUT2D eigenvalue weighted by Crippen LogP contribution is 2.14. The van der Waals surface area contributed by atoms with E-state index in [1.54, 1.807) is 0 Å². The first-order valence-electron chi connectivity index (χ1n) is 16.1. The molecular formula is C32H67N. The van der Waals surface area contributed by atoms with Crippen LogP contribution < -0.4 is 5.32 Å². The molecule has 1 N–H and O–H groups in total. The Morgan fingerprint density at radius 3 is 0.636 bits per heavy atom. The Balaban J connectivity index is 2.99. The third-order valence-electron chi connectivity index (χ3n) is 7.41. The molecule has 200 valence electrons. The van der Waals surface area contributed by atoms with Crippen molar-refractivity contribution in [2.75, 3.05) is 13.1 Å². The number of rotatable bonds is 30. The molecule has 0 aromatic carbocycles. The zero-order chi connectivity index (χ0) is 23.9. The lowest BCUT2D eigenvalue weighted by Crippen LogP contribution is -2.16. The first-order chi connectivity index (χ1) is 16.4. The quantitative estimate of drug-likeness (QED) is 0.104. The molecule has 1 nitrogen and oxygen atoms in total. The molecule has 0 bridgehead atoms. The van der Waals surface area contributed by atoms with Gasteiger partial charge in [0.2, 0.25) is 0 Å². The van der Waals surface area contributed by atoms with E-state index in [0.717, 1.165) is 0 Å². The first kappa shape index (κ1) is 33.0. The predicted octanol–water partition coefficient (Wildman–Crippen LogP) is 11.5. The molecular weight excluding hydrogens is 398 g/mol. The lowest BCUT2D eigenvalue weighted by atomic mass is 10.0. The van der Waals surface area contributed by atoms with Crippen molar-refractivity contribution in [3.8, 4) is 0 Å². The van der Waals surface area contributed by atoms with Crippen LogP contribution in [0.5, 0.6) is 0 Å². The van der Waals surface area contributed by atoms with Gasteiger partial charge in [-0.1, -0.05) is 181 Å². The molecule has 0 unspecified atom stereocenters. The molecule has 0 aliphatic heterocycles. The van der Waals surface area contributed by atoms with Crippen molar-refractivity contribution in [1.29, 1.82) is 0 Å². The van der Waals surface area contributed by atoms with Gasteiger partial charge in [-0.05, 0) is 25.9 Å². The van der Waals surface area contributed by atoms with Gasteiger partial charge < -0.3 is 5.32 Å². The molecule has 0 saturated carbocycles. The number of unbranched alkanes of at least 4 members (excludes halogenated alkanes) is 26.